The topological polar surface area (TPSA) is 26.3 Å². The molecular weight excluding hydrogens is 269 g/mol. The van der Waals surface area contributed by atoms with Crippen molar-refractivity contribution in [3.8, 4) is 11.1 Å². The van der Waals surface area contributed by atoms with Crippen LogP contribution < -0.4 is 0 Å². The molecule has 0 saturated heterocycles. The van der Waals surface area contributed by atoms with Crippen molar-refractivity contribution in [1.29, 1.82) is 0 Å². The number of halogens is 3. The number of benzene rings is 2. The van der Waals surface area contributed by atoms with Crippen LogP contribution in [0.15, 0.2) is 36.4 Å². The summed E-state index contributed by atoms with van der Waals surface area (Å²) < 4.78 is 44.9. The number of carbonyl (C=O) groups excluding carboxylic acids is 1. The molecule has 2 aromatic carbocycles. The molecule has 0 aliphatic carbocycles. The number of methoxy groups -OCH3 is 1. The highest BCUT2D eigenvalue weighted by Crippen LogP contribution is 2.27. The Bertz CT molecular complexity index is 654. The van der Waals surface area contributed by atoms with E-state index in [-0.39, 0.29) is 17.5 Å². The van der Waals surface area contributed by atoms with Crippen molar-refractivity contribution in [3.05, 3.63) is 59.4 Å². The Morgan fingerprint density at radius 2 is 1.60 bits per heavy atom. The van der Waals surface area contributed by atoms with Crippen molar-refractivity contribution in [3.63, 3.8) is 0 Å². The standard InChI is InChI=1S/C15H11F3O2/c1-20-15(19)7-9-2-4-11(13(17)6-9)12-5-3-10(16)8-14(12)18/h2-6,8H,7H2,1H3. The lowest BCUT2D eigenvalue weighted by Gasteiger charge is -2.07. The molecule has 0 spiro atoms. The first-order valence-electron chi connectivity index (χ1n) is 5.82. The van der Waals surface area contributed by atoms with Crippen LogP contribution in [-0.2, 0) is 16.0 Å². The van der Waals surface area contributed by atoms with Crippen LogP contribution in [0.1, 0.15) is 5.56 Å². The fourth-order valence-electron chi connectivity index (χ4n) is 1.83. The number of carbonyl (C=O) groups is 1. The summed E-state index contributed by atoms with van der Waals surface area (Å²) in [6.45, 7) is 0. The van der Waals surface area contributed by atoms with E-state index >= 15 is 0 Å². The van der Waals surface area contributed by atoms with Crippen LogP contribution in [-0.4, -0.2) is 13.1 Å². The molecule has 0 N–H and O–H groups in total. The predicted octanol–water partition coefficient (Wildman–Crippen LogP) is 3.49. The molecule has 5 heteroatoms. The summed E-state index contributed by atoms with van der Waals surface area (Å²) >= 11 is 0. The molecule has 0 atom stereocenters. The molecule has 0 amide bonds. The van der Waals surface area contributed by atoms with Crippen LogP contribution in [0.3, 0.4) is 0 Å². The molecule has 0 fully saturated rings. The zero-order valence-corrected chi connectivity index (χ0v) is 10.6. The third kappa shape index (κ3) is 2.99. The molecule has 0 heterocycles. The van der Waals surface area contributed by atoms with Crippen molar-refractivity contribution in [2.45, 2.75) is 6.42 Å². The Balaban J connectivity index is 2.36. The zero-order valence-electron chi connectivity index (χ0n) is 10.6. The van der Waals surface area contributed by atoms with Crippen LogP contribution in [0.4, 0.5) is 13.2 Å². The second-order valence-electron chi connectivity index (χ2n) is 4.19. The van der Waals surface area contributed by atoms with Gasteiger partial charge in [-0.1, -0.05) is 12.1 Å². The number of esters is 1. The Morgan fingerprint density at radius 1 is 1.00 bits per heavy atom. The van der Waals surface area contributed by atoms with Gasteiger partial charge in [0.15, 0.2) is 0 Å². The highest BCUT2D eigenvalue weighted by molar-refractivity contribution is 5.73. The summed E-state index contributed by atoms with van der Waals surface area (Å²) in [4.78, 5) is 11.1. The van der Waals surface area contributed by atoms with Gasteiger partial charge in [-0.25, -0.2) is 13.2 Å². The van der Waals surface area contributed by atoms with E-state index in [4.69, 9.17) is 0 Å². The minimum Gasteiger partial charge on any atom is -0.469 e. The van der Waals surface area contributed by atoms with E-state index in [1.165, 1.54) is 25.3 Å². The first kappa shape index (κ1) is 14.1. The maximum absolute atomic E-state index is 14.0. The predicted molar refractivity (Wildman–Crippen MR) is 67.5 cm³/mol. The molecule has 0 aliphatic rings. The fourth-order valence-corrected chi connectivity index (χ4v) is 1.83. The first-order chi connectivity index (χ1) is 9.51. The normalized spacial score (nSPS) is 10.4. The maximum Gasteiger partial charge on any atom is 0.309 e. The average molecular weight is 280 g/mol. The lowest BCUT2D eigenvalue weighted by atomic mass is 10.0. The van der Waals surface area contributed by atoms with Gasteiger partial charge in [0.1, 0.15) is 17.5 Å². The summed E-state index contributed by atoms with van der Waals surface area (Å²) in [5.41, 5.74) is 0.394. The van der Waals surface area contributed by atoms with E-state index in [0.29, 0.717) is 11.6 Å². The van der Waals surface area contributed by atoms with Gasteiger partial charge >= 0.3 is 5.97 Å². The zero-order chi connectivity index (χ0) is 14.7. The van der Waals surface area contributed by atoms with Crippen LogP contribution in [0.5, 0.6) is 0 Å². The summed E-state index contributed by atoms with van der Waals surface area (Å²) in [6.07, 6.45) is -0.0698. The Hall–Kier alpha value is -2.30. The summed E-state index contributed by atoms with van der Waals surface area (Å²) in [5, 5.41) is 0. The van der Waals surface area contributed by atoms with Crippen molar-refractivity contribution >= 4 is 5.97 Å². The van der Waals surface area contributed by atoms with Crippen molar-refractivity contribution in [2.75, 3.05) is 7.11 Å². The van der Waals surface area contributed by atoms with Crippen molar-refractivity contribution in [2.24, 2.45) is 0 Å². The molecule has 2 aromatic rings. The summed E-state index contributed by atoms with van der Waals surface area (Å²) in [7, 11) is 1.24. The number of hydrogen-bond acceptors (Lipinski definition) is 2. The molecule has 2 nitrogen and oxygen atoms in total. The molecule has 0 unspecified atom stereocenters. The monoisotopic (exact) mass is 280 g/mol. The molecule has 0 bridgehead atoms. The van der Waals surface area contributed by atoms with Crippen molar-refractivity contribution in [1.82, 2.24) is 0 Å². The third-order valence-electron chi connectivity index (χ3n) is 2.83. The molecule has 0 radical (unpaired) electrons. The van der Waals surface area contributed by atoms with E-state index in [1.807, 2.05) is 0 Å². The lowest BCUT2D eigenvalue weighted by Crippen LogP contribution is -2.04. The van der Waals surface area contributed by atoms with Gasteiger partial charge in [-0.3, -0.25) is 4.79 Å². The molecule has 0 aliphatic heterocycles. The highest BCUT2D eigenvalue weighted by Gasteiger charge is 2.12. The van der Waals surface area contributed by atoms with Gasteiger partial charge in [-0.05, 0) is 23.8 Å². The Morgan fingerprint density at radius 3 is 2.15 bits per heavy atom. The molecular formula is C15H11F3O2. The first-order valence-corrected chi connectivity index (χ1v) is 5.82. The lowest BCUT2D eigenvalue weighted by molar-refractivity contribution is -0.139. The van der Waals surface area contributed by atoms with E-state index in [9.17, 15) is 18.0 Å². The second-order valence-corrected chi connectivity index (χ2v) is 4.19. The SMILES string of the molecule is COC(=O)Cc1ccc(-c2ccc(F)cc2F)c(F)c1. The van der Waals surface area contributed by atoms with Crippen LogP contribution >= 0.6 is 0 Å². The number of hydrogen-bond donors (Lipinski definition) is 0. The highest BCUT2D eigenvalue weighted by atomic mass is 19.1. The molecule has 2 rings (SSSR count). The smallest absolute Gasteiger partial charge is 0.309 e. The maximum atomic E-state index is 14.0. The number of ether oxygens (including phenoxy) is 1. The minimum absolute atomic E-state index is 0.0103. The van der Waals surface area contributed by atoms with Gasteiger partial charge < -0.3 is 4.74 Å². The molecule has 0 aromatic heterocycles. The minimum atomic E-state index is -0.843. The molecule has 0 saturated carbocycles. The Kier molecular flexibility index (Phi) is 4.08. The van der Waals surface area contributed by atoms with E-state index < -0.39 is 23.4 Å². The average Bonchev–Trinajstić information content (AvgIpc) is 2.40. The largest absolute Gasteiger partial charge is 0.469 e. The van der Waals surface area contributed by atoms with Gasteiger partial charge in [0.2, 0.25) is 0 Å². The van der Waals surface area contributed by atoms with Crippen LogP contribution in [0.25, 0.3) is 11.1 Å². The van der Waals surface area contributed by atoms with Crippen LogP contribution in [0, 0.1) is 17.5 Å². The van der Waals surface area contributed by atoms with Crippen LogP contribution in [0.2, 0.25) is 0 Å². The fraction of sp³-hybridized carbons (Fsp3) is 0.133. The Labute approximate surface area is 113 Å². The summed E-state index contributed by atoms with van der Waals surface area (Å²) in [5.74, 6) is -2.75. The second kappa shape index (κ2) is 5.77. The molecule has 20 heavy (non-hydrogen) atoms. The summed E-state index contributed by atoms with van der Waals surface area (Å²) in [6, 6.07) is 6.90. The van der Waals surface area contributed by atoms with Gasteiger partial charge in [-0.2, -0.15) is 0 Å². The quantitative estimate of drug-likeness (QED) is 0.804. The molecule has 104 valence electrons. The van der Waals surface area contributed by atoms with E-state index in [2.05, 4.69) is 4.74 Å². The van der Waals surface area contributed by atoms with Gasteiger partial charge in [-0.15, -0.1) is 0 Å². The van der Waals surface area contributed by atoms with E-state index in [1.54, 1.807) is 0 Å². The number of rotatable bonds is 3. The third-order valence-corrected chi connectivity index (χ3v) is 2.83. The van der Waals surface area contributed by atoms with E-state index in [0.717, 1.165) is 12.1 Å². The van der Waals surface area contributed by atoms with Gasteiger partial charge in [0, 0.05) is 17.2 Å². The van der Waals surface area contributed by atoms with Gasteiger partial charge in [0.05, 0.1) is 13.5 Å². The van der Waals surface area contributed by atoms with Crippen molar-refractivity contribution < 1.29 is 22.7 Å². The van der Waals surface area contributed by atoms with Gasteiger partial charge in [0.25, 0.3) is 0 Å².